The average Bonchev–Trinajstić information content (AvgIpc) is 1.97. The first-order valence-corrected chi connectivity index (χ1v) is 10.6. The number of rotatable bonds is 6. The first-order valence-electron chi connectivity index (χ1n) is 4.49. The van der Waals surface area contributed by atoms with Crippen molar-refractivity contribution < 1.29 is 3.44 Å². The number of hydrogen-bond donors (Lipinski definition) is 1. The van der Waals surface area contributed by atoms with E-state index >= 15 is 0 Å². The van der Waals surface area contributed by atoms with Crippen molar-refractivity contribution in [2.75, 3.05) is 0 Å². The van der Waals surface area contributed by atoms with Crippen molar-refractivity contribution >= 4 is 20.2 Å². The molecule has 62 valence electrons. The Bertz CT molecular complexity index is 58.3. The molecule has 0 fully saturated rings. The molecule has 0 spiro atoms. The maximum absolute atomic E-state index is 9.52. The molecule has 0 heterocycles. The van der Waals surface area contributed by atoms with Gasteiger partial charge in [0.15, 0.2) is 0 Å². The van der Waals surface area contributed by atoms with Crippen LogP contribution in [0.15, 0.2) is 0 Å². The topological polar surface area (TPSA) is 20.2 Å². The van der Waals surface area contributed by atoms with Crippen molar-refractivity contribution in [1.82, 2.24) is 0 Å². The van der Waals surface area contributed by atoms with E-state index in [1.165, 1.54) is 34.6 Å². The Balaban J connectivity index is 3.00. The van der Waals surface area contributed by atoms with Crippen LogP contribution in [0.4, 0.5) is 0 Å². The quantitative estimate of drug-likeness (QED) is 0.718. The van der Waals surface area contributed by atoms with Gasteiger partial charge in [-0.3, -0.25) is 0 Å². The van der Waals surface area contributed by atoms with Crippen LogP contribution in [0, 0.1) is 0 Å². The SMILES string of the molecule is CCC[CH2][SnH]([OH])[CH2]CCC. The summed E-state index contributed by atoms with van der Waals surface area (Å²) in [5.41, 5.74) is 0. The Labute approximate surface area is 72.1 Å². The van der Waals surface area contributed by atoms with E-state index in [2.05, 4.69) is 13.8 Å². The Morgan fingerprint density at radius 2 is 1.40 bits per heavy atom. The van der Waals surface area contributed by atoms with Crippen LogP contribution < -0.4 is 0 Å². The van der Waals surface area contributed by atoms with Crippen LogP contribution in [0.25, 0.3) is 0 Å². The average molecular weight is 251 g/mol. The molecule has 0 aliphatic rings. The molecule has 10 heavy (non-hydrogen) atoms. The zero-order valence-electron chi connectivity index (χ0n) is 7.27. The van der Waals surface area contributed by atoms with E-state index in [0.29, 0.717) is 0 Å². The molecule has 0 radical (unpaired) electrons. The van der Waals surface area contributed by atoms with Crippen LogP contribution in [-0.4, -0.2) is 23.6 Å². The number of unbranched alkanes of at least 4 members (excludes halogenated alkanes) is 2. The fourth-order valence-corrected chi connectivity index (χ4v) is 6.87. The van der Waals surface area contributed by atoms with Gasteiger partial charge in [-0.2, -0.15) is 0 Å². The molecular weight excluding hydrogens is 231 g/mol. The van der Waals surface area contributed by atoms with Crippen LogP contribution in [-0.2, 0) is 0 Å². The Morgan fingerprint density at radius 1 is 1.00 bits per heavy atom. The molecule has 2 heteroatoms. The molecule has 1 N–H and O–H groups in total. The molecule has 0 unspecified atom stereocenters. The summed E-state index contributed by atoms with van der Waals surface area (Å²) in [6.07, 6.45) is 5.03. The summed E-state index contributed by atoms with van der Waals surface area (Å²) in [7, 11) is 0. The second-order valence-electron chi connectivity index (χ2n) is 2.94. The van der Waals surface area contributed by atoms with E-state index in [1.54, 1.807) is 0 Å². The van der Waals surface area contributed by atoms with Gasteiger partial charge in [0.25, 0.3) is 0 Å². The zero-order valence-corrected chi connectivity index (χ0v) is 10.6. The third-order valence-electron chi connectivity index (χ3n) is 1.78. The molecular formula is C8H20OSn. The van der Waals surface area contributed by atoms with E-state index in [4.69, 9.17) is 0 Å². The minimum absolute atomic E-state index is 1.21. The summed E-state index contributed by atoms with van der Waals surface area (Å²) in [6.45, 7) is 4.39. The minimum atomic E-state index is -1.86. The van der Waals surface area contributed by atoms with E-state index in [0.717, 1.165) is 0 Å². The van der Waals surface area contributed by atoms with Crippen molar-refractivity contribution in [3.63, 3.8) is 0 Å². The van der Waals surface area contributed by atoms with Gasteiger partial charge in [0.1, 0.15) is 0 Å². The molecule has 0 aliphatic carbocycles. The molecule has 1 nitrogen and oxygen atoms in total. The predicted octanol–water partition coefficient (Wildman–Crippen LogP) is 2.30. The van der Waals surface area contributed by atoms with Crippen LogP contribution in [0.5, 0.6) is 0 Å². The van der Waals surface area contributed by atoms with Crippen LogP contribution in [0.2, 0.25) is 8.87 Å². The van der Waals surface area contributed by atoms with Crippen molar-refractivity contribution in [3.05, 3.63) is 0 Å². The molecule has 0 saturated carbocycles. The fraction of sp³-hybridized carbons (Fsp3) is 1.00. The molecule has 0 aromatic carbocycles. The zero-order chi connectivity index (χ0) is 7.82. The monoisotopic (exact) mass is 252 g/mol. The van der Waals surface area contributed by atoms with E-state index < -0.39 is 20.2 Å². The van der Waals surface area contributed by atoms with E-state index in [1.807, 2.05) is 0 Å². The summed E-state index contributed by atoms with van der Waals surface area (Å²) in [5.74, 6) is 0. The first kappa shape index (κ1) is 10.8. The van der Waals surface area contributed by atoms with Gasteiger partial charge in [-0.15, -0.1) is 0 Å². The van der Waals surface area contributed by atoms with Gasteiger partial charge in [0.2, 0.25) is 0 Å². The van der Waals surface area contributed by atoms with Crippen molar-refractivity contribution in [2.45, 2.75) is 48.4 Å². The van der Waals surface area contributed by atoms with E-state index in [-0.39, 0.29) is 0 Å². The second-order valence-corrected chi connectivity index (χ2v) is 9.97. The summed E-state index contributed by atoms with van der Waals surface area (Å²) in [4.78, 5) is 0. The number of hydrogen-bond acceptors (Lipinski definition) is 1. The maximum atomic E-state index is 9.52. The molecule has 0 rings (SSSR count). The molecule has 0 saturated heterocycles. The van der Waals surface area contributed by atoms with Crippen molar-refractivity contribution in [3.8, 4) is 0 Å². The third-order valence-corrected chi connectivity index (χ3v) is 7.92. The molecule has 0 aliphatic heterocycles. The van der Waals surface area contributed by atoms with Crippen LogP contribution in [0.1, 0.15) is 39.5 Å². The normalized spacial score (nSPS) is 10.8. The Kier molecular flexibility index (Phi) is 8.46. The van der Waals surface area contributed by atoms with Gasteiger partial charge in [-0.1, -0.05) is 0 Å². The third kappa shape index (κ3) is 6.87. The predicted molar refractivity (Wildman–Crippen MR) is 48.8 cm³/mol. The van der Waals surface area contributed by atoms with Crippen LogP contribution >= 0.6 is 0 Å². The van der Waals surface area contributed by atoms with Gasteiger partial charge in [0.05, 0.1) is 0 Å². The summed E-state index contributed by atoms with van der Waals surface area (Å²) in [6, 6.07) is 0. The van der Waals surface area contributed by atoms with Gasteiger partial charge < -0.3 is 0 Å². The van der Waals surface area contributed by atoms with E-state index in [9.17, 15) is 3.44 Å². The Hall–Kier alpha value is 0.759. The summed E-state index contributed by atoms with van der Waals surface area (Å²) < 4.78 is 11.9. The first-order chi connectivity index (χ1) is 4.81. The van der Waals surface area contributed by atoms with Gasteiger partial charge >= 0.3 is 72.0 Å². The van der Waals surface area contributed by atoms with Crippen molar-refractivity contribution in [2.24, 2.45) is 0 Å². The fourth-order valence-electron chi connectivity index (χ4n) is 1.02. The van der Waals surface area contributed by atoms with Gasteiger partial charge in [0, 0.05) is 0 Å². The molecule has 0 amide bonds. The Morgan fingerprint density at radius 3 is 1.70 bits per heavy atom. The standard InChI is InChI=1S/2C4H9.H2O.Sn.H/c2*1-3-4-2;;;/h2*1,3-4H2,2H3;1H2;;/q;;;+1;/p-1. The summed E-state index contributed by atoms with van der Waals surface area (Å²) in [5, 5.41) is 0. The molecule has 0 atom stereocenters. The molecule has 0 bridgehead atoms. The van der Waals surface area contributed by atoms with Gasteiger partial charge in [-0.05, 0) is 0 Å². The van der Waals surface area contributed by atoms with Crippen molar-refractivity contribution in [1.29, 1.82) is 0 Å². The van der Waals surface area contributed by atoms with Crippen LogP contribution in [0.3, 0.4) is 0 Å². The molecule has 0 aromatic heterocycles. The summed E-state index contributed by atoms with van der Waals surface area (Å²) >= 11 is -1.86. The van der Waals surface area contributed by atoms with Gasteiger partial charge in [-0.25, -0.2) is 0 Å². The molecule has 0 aromatic rings. The second kappa shape index (κ2) is 7.86.